The summed E-state index contributed by atoms with van der Waals surface area (Å²) >= 11 is 0. The fourth-order valence-electron chi connectivity index (χ4n) is 2.67. The van der Waals surface area contributed by atoms with Crippen LogP contribution in [0.3, 0.4) is 0 Å². The van der Waals surface area contributed by atoms with Crippen molar-refractivity contribution in [3.05, 3.63) is 0 Å². The maximum absolute atomic E-state index is 12.5. The van der Waals surface area contributed by atoms with Crippen LogP contribution >= 0.6 is 0 Å². The Labute approximate surface area is 123 Å². The summed E-state index contributed by atoms with van der Waals surface area (Å²) in [6.07, 6.45) is -0.112. The molecule has 2 saturated heterocycles. The minimum atomic E-state index is -0.940. The number of urea groups is 1. The lowest BCUT2D eigenvalue weighted by molar-refractivity contribution is -0.139. The molecule has 0 aliphatic carbocycles. The average Bonchev–Trinajstić information content (AvgIpc) is 2.46. The summed E-state index contributed by atoms with van der Waals surface area (Å²) in [5.74, 6) is -0.929. The molecule has 0 saturated carbocycles. The predicted octanol–water partition coefficient (Wildman–Crippen LogP) is -0.554. The van der Waals surface area contributed by atoms with Crippen molar-refractivity contribution < 1.29 is 24.2 Å². The second kappa shape index (κ2) is 6.75. The summed E-state index contributed by atoms with van der Waals surface area (Å²) in [6, 6.07) is -0.581. The second-order valence-electron chi connectivity index (χ2n) is 5.30. The Morgan fingerprint density at radius 2 is 1.71 bits per heavy atom. The van der Waals surface area contributed by atoms with Gasteiger partial charge in [-0.05, 0) is 0 Å². The third-order valence-electron chi connectivity index (χ3n) is 3.88. The van der Waals surface area contributed by atoms with Gasteiger partial charge in [0.15, 0.2) is 0 Å². The molecule has 1 unspecified atom stereocenters. The number of ether oxygens (including phenoxy) is 1. The number of carbonyl (C=O) groups is 3. The summed E-state index contributed by atoms with van der Waals surface area (Å²) in [4.78, 5) is 39.7. The van der Waals surface area contributed by atoms with E-state index in [4.69, 9.17) is 9.84 Å². The van der Waals surface area contributed by atoms with E-state index in [-0.39, 0.29) is 25.0 Å². The molecule has 1 atom stereocenters. The lowest BCUT2D eigenvalue weighted by Crippen LogP contribution is -2.58. The average molecular weight is 299 g/mol. The molecule has 118 valence electrons. The highest BCUT2D eigenvalue weighted by molar-refractivity contribution is 5.77. The van der Waals surface area contributed by atoms with Crippen LogP contribution in [-0.2, 0) is 14.3 Å². The van der Waals surface area contributed by atoms with E-state index >= 15 is 0 Å². The Balaban J connectivity index is 1.94. The molecule has 2 rings (SSSR count). The molecule has 2 aliphatic heterocycles. The Morgan fingerprint density at radius 3 is 2.29 bits per heavy atom. The number of amides is 3. The molecule has 8 heteroatoms. The Kier molecular flexibility index (Phi) is 5.00. The highest BCUT2D eigenvalue weighted by atomic mass is 16.5. The maximum Gasteiger partial charge on any atom is 0.320 e. The third-order valence-corrected chi connectivity index (χ3v) is 3.88. The quantitative estimate of drug-likeness (QED) is 0.738. The van der Waals surface area contributed by atoms with E-state index in [1.807, 2.05) is 0 Å². The molecular weight excluding hydrogens is 278 g/mol. The zero-order valence-corrected chi connectivity index (χ0v) is 12.2. The van der Waals surface area contributed by atoms with Crippen LogP contribution in [0.4, 0.5) is 4.79 Å². The number of morpholine rings is 1. The zero-order chi connectivity index (χ0) is 15.4. The molecule has 0 spiro atoms. The molecule has 0 aromatic carbocycles. The molecule has 21 heavy (non-hydrogen) atoms. The molecular formula is C13H21N3O5. The van der Waals surface area contributed by atoms with Crippen molar-refractivity contribution in [3.8, 4) is 0 Å². The second-order valence-corrected chi connectivity index (χ2v) is 5.30. The van der Waals surface area contributed by atoms with E-state index in [0.717, 1.165) is 0 Å². The van der Waals surface area contributed by atoms with Gasteiger partial charge in [-0.15, -0.1) is 0 Å². The monoisotopic (exact) mass is 299 g/mol. The lowest BCUT2D eigenvalue weighted by Gasteiger charge is -2.41. The van der Waals surface area contributed by atoms with Crippen LogP contribution in [-0.4, -0.2) is 89.7 Å². The topological polar surface area (TPSA) is 90.4 Å². The van der Waals surface area contributed by atoms with E-state index in [9.17, 15) is 14.4 Å². The van der Waals surface area contributed by atoms with Gasteiger partial charge in [-0.3, -0.25) is 9.59 Å². The molecule has 3 amide bonds. The fraction of sp³-hybridized carbons (Fsp3) is 0.769. The molecule has 2 fully saturated rings. The van der Waals surface area contributed by atoms with Gasteiger partial charge in [-0.25, -0.2) is 4.79 Å². The Bertz CT molecular complexity index is 420. The molecule has 0 aromatic rings. The van der Waals surface area contributed by atoms with Crippen LogP contribution in [0.2, 0.25) is 0 Å². The van der Waals surface area contributed by atoms with Gasteiger partial charge in [-0.1, -0.05) is 0 Å². The van der Waals surface area contributed by atoms with Crippen molar-refractivity contribution in [1.29, 1.82) is 0 Å². The van der Waals surface area contributed by atoms with Crippen LogP contribution in [0.25, 0.3) is 0 Å². The number of hydrogen-bond donors (Lipinski definition) is 1. The summed E-state index contributed by atoms with van der Waals surface area (Å²) in [6.45, 7) is 4.61. The van der Waals surface area contributed by atoms with Crippen molar-refractivity contribution in [1.82, 2.24) is 14.7 Å². The maximum atomic E-state index is 12.5. The molecule has 0 radical (unpaired) electrons. The number of carboxylic acid groups (broad SMARTS) is 1. The highest BCUT2D eigenvalue weighted by Crippen LogP contribution is 2.15. The number of piperazine rings is 1. The van der Waals surface area contributed by atoms with Gasteiger partial charge >= 0.3 is 12.0 Å². The van der Waals surface area contributed by atoms with Crippen LogP contribution in [0.15, 0.2) is 0 Å². The molecule has 2 aliphatic rings. The molecule has 1 N–H and O–H groups in total. The summed E-state index contributed by atoms with van der Waals surface area (Å²) in [5, 5.41) is 8.92. The molecule has 8 nitrogen and oxygen atoms in total. The van der Waals surface area contributed by atoms with Gasteiger partial charge < -0.3 is 24.5 Å². The summed E-state index contributed by atoms with van der Waals surface area (Å²) < 4.78 is 5.27. The van der Waals surface area contributed by atoms with Gasteiger partial charge in [-0.2, -0.15) is 0 Å². The van der Waals surface area contributed by atoms with Crippen LogP contribution in [0.1, 0.15) is 13.3 Å². The number of carboxylic acids is 1. The molecule has 0 bridgehead atoms. The number of rotatable bonds is 2. The van der Waals surface area contributed by atoms with Gasteiger partial charge in [0.05, 0.1) is 25.7 Å². The van der Waals surface area contributed by atoms with E-state index in [1.165, 1.54) is 6.92 Å². The van der Waals surface area contributed by atoms with E-state index in [2.05, 4.69) is 0 Å². The predicted molar refractivity (Wildman–Crippen MR) is 72.8 cm³/mol. The highest BCUT2D eigenvalue weighted by Gasteiger charge is 2.33. The summed E-state index contributed by atoms with van der Waals surface area (Å²) in [7, 11) is 0. The van der Waals surface area contributed by atoms with Crippen LogP contribution in [0, 0.1) is 0 Å². The van der Waals surface area contributed by atoms with Crippen LogP contribution in [0.5, 0.6) is 0 Å². The van der Waals surface area contributed by atoms with Crippen molar-refractivity contribution in [2.45, 2.75) is 19.4 Å². The minimum absolute atomic E-state index is 0.0113. The van der Waals surface area contributed by atoms with E-state index in [0.29, 0.717) is 39.3 Å². The normalized spacial score (nSPS) is 23.1. The van der Waals surface area contributed by atoms with Crippen molar-refractivity contribution >= 4 is 17.9 Å². The first-order valence-corrected chi connectivity index (χ1v) is 7.09. The molecule has 0 aromatic heterocycles. The first-order valence-electron chi connectivity index (χ1n) is 7.09. The summed E-state index contributed by atoms with van der Waals surface area (Å²) in [5.41, 5.74) is 0. The van der Waals surface area contributed by atoms with Crippen LogP contribution < -0.4 is 0 Å². The van der Waals surface area contributed by atoms with E-state index in [1.54, 1.807) is 14.7 Å². The molecule has 2 heterocycles. The standard InChI is InChI=1S/C13H21N3O5/c1-10(17)14-2-4-15(5-3-14)13(20)16-6-7-21-9-11(16)8-12(18)19/h11H,2-9H2,1H3,(H,18,19). The lowest BCUT2D eigenvalue weighted by atomic mass is 10.1. The number of hydrogen-bond acceptors (Lipinski definition) is 4. The van der Waals surface area contributed by atoms with Crippen molar-refractivity contribution in [2.75, 3.05) is 45.9 Å². The number of nitrogens with zero attached hydrogens (tertiary/aromatic N) is 3. The smallest absolute Gasteiger partial charge is 0.320 e. The fourth-order valence-corrected chi connectivity index (χ4v) is 2.67. The number of aliphatic carboxylic acids is 1. The Morgan fingerprint density at radius 1 is 1.10 bits per heavy atom. The zero-order valence-electron chi connectivity index (χ0n) is 12.2. The van der Waals surface area contributed by atoms with Gasteiger partial charge in [0.2, 0.25) is 5.91 Å². The van der Waals surface area contributed by atoms with Gasteiger partial charge in [0.25, 0.3) is 0 Å². The third kappa shape index (κ3) is 3.84. The Hall–Kier alpha value is -1.83. The van der Waals surface area contributed by atoms with Crippen molar-refractivity contribution in [2.24, 2.45) is 0 Å². The minimum Gasteiger partial charge on any atom is -0.481 e. The largest absolute Gasteiger partial charge is 0.481 e. The SMILES string of the molecule is CC(=O)N1CCN(C(=O)N2CCOCC2CC(=O)O)CC1. The van der Waals surface area contributed by atoms with Gasteiger partial charge in [0, 0.05) is 39.6 Å². The van der Waals surface area contributed by atoms with Gasteiger partial charge in [0.1, 0.15) is 0 Å². The van der Waals surface area contributed by atoms with Crippen molar-refractivity contribution in [3.63, 3.8) is 0 Å². The first-order chi connectivity index (χ1) is 9.99. The number of carbonyl (C=O) groups excluding carboxylic acids is 2. The van der Waals surface area contributed by atoms with E-state index < -0.39 is 12.0 Å². The first kappa shape index (κ1) is 15.6.